The average molecular weight is 400 g/mol. The van der Waals surface area contributed by atoms with Crippen molar-refractivity contribution in [3.05, 3.63) is 32.9 Å². The van der Waals surface area contributed by atoms with Crippen molar-refractivity contribution in [2.45, 2.75) is 0 Å². The summed E-state index contributed by atoms with van der Waals surface area (Å²) in [5.74, 6) is 0. The van der Waals surface area contributed by atoms with E-state index < -0.39 is 4.92 Å². The van der Waals surface area contributed by atoms with Gasteiger partial charge >= 0.3 is 0 Å². The molecule has 0 saturated carbocycles. The fraction of sp³-hybridized carbons (Fsp3) is 0. The molecule has 2 rings (SSSR count). The first kappa shape index (κ1) is 11.2. The molecule has 78 valence electrons. The Labute approximate surface area is 108 Å². The summed E-state index contributed by atoms with van der Waals surface area (Å²) in [6, 6.07) is 3.26. The van der Waals surface area contributed by atoms with E-state index in [1.807, 2.05) is 0 Å². The maximum absolute atomic E-state index is 10.7. The maximum atomic E-state index is 10.7. The highest BCUT2D eigenvalue weighted by molar-refractivity contribution is 14.2. The number of nitro benzene ring substituents is 1. The molecule has 0 aliphatic heterocycles. The van der Waals surface area contributed by atoms with Gasteiger partial charge in [-0.3, -0.25) is 10.1 Å². The van der Waals surface area contributed by atoms with Crippen LogP contribution in [0.4, 0.5) is 5.69 Å². The van der Waals surface area contributed by atoms with Gasteiger partial charge in [0.2, 0.25) is 0 Å². The van der Waals surface area contributed by atoms with Gasteiger partial charge in [-0.25, -0.2) is 4.45 Å². The molecular formula is C7H4BrIN3O2P. The summed E-state index contributed by atoms with van der Waals surface area (Å²) >= 11 is 5.35. The van der Waals surface area contributed by atoms with Gasteiger partial charge in [-0.2, -0.15) is 5.10 Å². The number of aromatic nitrogens is 2. The highest BCUT2D eigenvalue weighted by atomic mass is 127. The van der Waals surface area contributed by atoms with Crippen molar-refractivity contribution in [2.24, 2.45) is 0 Å². The van der Waals surface area contributed by atoms with Gasteiger partial charge < -0.3 is 0 Å². The second kappa shape index (κ2) is 4.31. The van der Waals surface area contributed by atoms with Gasteiger partial charge in [0.25, 0.3) is 5.69 Å². The van der Waals surface area contributed by atoms with Crippen LogP contribution in [0.1, 0.15) is 0 Å². The molecule has 1 heterocycles. The number of hydrogen-bond acceptors (Lipinski definition) is 3. The summed E-state index contributed by atoms with van der Waals surface area (Å²) < 4.78 is 2.23. The van der Waals surface area contributed by atoms with E-state index in [-0.39, 0.29) is 5.69 Å². The lowest BCUT2D eigenvalue weighted by atomic mass is 10.2. The number of hydrogen-bond donors (Lipinski definition) is 0. The minimum Gasteiger partial charge on any atom is -0.258 e. The first-order valence-corrected chi connectivity index (χ1v) is 8.67. The van der Waals surface area contributed by atoms with E-state index in [1.54, 1.807) is 16.7 Å². The van der Waals surface area contributed by atoms with E-state index in [1.165, 1.54) is 6.07 Å². The molecule has 0 fully saturated rings. The third kappa shape index (κ3) is 2.00. The van der Waals surface area contributed by atoms with Gasteiger partial charge in [-0.15, -0.1) is 0 Å². The van der Waals surface area contributed by atoms with Crippen molar-refractivity contribution < 1.29 is 4.92 Å². The fourth-order valence-electron chi connectivity index (χ4n) is 1.24. The quantitative estimate of drug-likeness (QED) is 0.336. The number of rotatable bonds is 2. The molecule has 1 aromatic heterocycles. The summed E-state index contributed by atoms with van der Waals surface area (Å²) in [6.45, 7) is 0. The van der Waals surface area contributed by atoms with Crippen LogP contribution >= 0.6 is 44.3 Å². The summed E-state index contributed by atoms with van der Waals surface area (Å²) in [7, 11) is 0. The molecule has 15 heavy (non-hydrogen) atoms. The average Bonchev–Trinajstić information content (AvgIpc) is 2.58. The summed E-state index contributed by atoms with van der Waals surface area (Å²) in [5.41, 5.74) is 0.858. The van der Waals surface area contributed by atoms with Crippen molar-refractivity contribution in [3.8, 4) is 0 Å². The molecule has 8 heteroatoms. The third-order valence-corrected chi connectivity index (χ3v) is 4.44. The summed E-state index contributed by atoms with van der Waals surface area (Å²) in [5, 5.41) is 15.8. The number of fused-ring (bicyclic) bond motifs is 1. The predicted octanol–water partition coefficient (Wildman–Crippen LogP) is 3.50. The third-order valence-electron chi connectivity index (χ3n) is 1.91. The molecule has 1 unspecified atom stereocenters. The van der Waals surface area contributed by atoms with Gasteiger partial charge in [-0.1, -0.05) is 0 Å². The molecule has 0 amide bonds. The molecule has 0 spiro atoms. The molecule has 1 atom stereocenters. The number of benzene rings is 1. The van der Waals surface area contributed by atoms with Gasteiger partial charge in [0.1, 0.15) is 0 Å². The molecule has 0 saturated heterocycles. The van der Waals surface area contributed by atoms with Gasteiger partial charge in [-0.05, 0) is 44.0 Å². The normalized spacial score (nSPS) is 11.6. The van der Waals surface area contributed by atoms with Crippen LogP contribution < -0.4 is 0 Å². The Hall–Kier alpha value is -0.270. The van der Waals surface area contributed by atoms with Crippen LogP contribution in [0.5, 0.6) is 0 Å². The van der Waals surface area contributed by atoms with Crippen LogP contribution in [0.15, 0.2) is 22.8 Å². The molecule has 1 aromatic carbocycles. The zero-order valence-electron chi connectivity index (χ0n) is 7.15. The van der Waals surface area contributed by atoms with E-state index >= 15 is 0 Å². The molecule has 2 aromatic rings. The summed E-state index contributed by atoms with van der Waals surface area (Å²) in [4.78, 5) is 10.3. The van der Waals surface area contributed by atoms with Crippen LogP contribution in [0.2, 0.25) is 0 Å². The van der Waals surface area contributed by atoms with E-state index in [4.69, 9.17) is 0 Å². The van der Waals surface area contributed by atoms with Crippen molar-refractivity contribution in [3.63, 3.8) is 0 Å². The Morgan fingerprint density at radius 3 is 2.93 bits per heavy atom. The van der Waals surface area contributed by atoms with Crippen LogP contribution in [0, 0.1) is 10.1 Å². The van der Waals surface area contributed by atoms with Gasteiger partial charge in [0, 0.05) is 11.5 Å². The molecule has 0 N–H and O–H groups in total. The van der Waals surface area contributed by atoms with E-state index in [0.717, 1.165) is 10.9 Å². The molecule has 5 nitrogen and oxygen atoms in total. The van der Waals surface area contributed by atoms with E-state index in [9.17, 15) is 10.1 Å². The molecule has 0 aliphatic carbocycles. The Balaban J connectivity index is 2.75. The van der Waals surface area contributed by atoms with E-state index in [0.29, 0.717) is 10.8 Å². The SMILES string of the molecule is O=[N+]([O-])c1cc2c(cnn2PI)cc1Br. The second-order valence-corrected chi connectivity index (χ2v) is 5.65. The first-order chi connectivity index (χ1) is 7.13. The lowest BCUT2D eigenvalue weighted by molar-refractivity contribution is -0.385. The largest absolute Gasteiger partial charge is 0.285 e. The van der Waals surface area contributed by atoms with Crippen LogP contribution in [-0.2, 0) is 0 Å². The lowest BCUT2D eigenvalue weighted by Gasteiger charge is -1.98. The fourth-order valence-corrected chi connectivity index (χ4v) is 3.29. The van der Waals surface area contributed by atoms with Crippen molar-refractivity contribution in [1.29, 1.82) is 0 Å². The van der Waals surface area contributed by atoms with Crippen molar-refractivity contribution in [2.75, 3.05) is 0 Å². The highest BCUT2D eigenvalue weighted by Gasteiger charge is 2.15. The maximum Gasteiger partial charge on any atom is 0.285 e. The standard InChI is InChI=1S/C7H4BrIN3O2P/c8-5-1-4-3-10-11(15-9)6(4)2-7(5)12(13)14/h1-3,15H. The first-order valence-electron chi connectivity index (χ1n) is 3.82. The Bertz CT molecular complexity index is 544. The molecule has 0 aliphatic rings. The van der Waals surface area contributed by atoms with Gasteiger partial charge in [0.15, 0.2) is 0 Å². The van der Waals surface area contributed by atoms with Crippen molar-refractivity contribution >= 4 is 60.9 Å². The highest BCUT2D eigenvalue weighted by Crippen LogP contribution is 2.34. The topological polar surface area (TPSA) is 61.0 Å². The Morgan fingerprint density at radius 1 is 1.60 bits per heavy atom. The lowest BCUT2D eigenvalue weighted by Crippen LogP contribution is -1.90. The van der Waals surface area contributed by atoms with Crippen LogP contribution in [-0.4, -0.2) is 14.5 Å². The van der Waals surface area contributed by atoms with Gasteiger partial charge in [0.05, 0.1) is 27.5 Å². The Morgan fingerprint density at radius 2 is 2.33 bits per heavy atom. The zero-order valence-corrected chi connectivity index (χ0v) is 11.9. The van der Waals surface area contributed by atoms with Crippen molar-refractivity contribution in [1.82, 2.24) is 9.55 Å². The number of halogens is 2. The van der Waals surface area contributed by atoms with Crippen LogP contribution in [0.25, 0.3) is 10.9 Å². The second-order valence-electron chi connectivity index (χ2n) is 2.76. The molecule has 0 bridgehead atoms. The zero-order chi connectivity index (χ0) is 11.0. The summed E-state index contributed by atoms with van der Waals surface area (Å²) in [6.07, 6.45) is 2.14. The number of nitro groups is 1. The minimum atomic E-state index is -0.406. The predicted molar refractivity (Wildman–Crippen MR) is 71.8 cm³/mol. The monoisotopic (exact) mass is 399 g/mol. The number of nitrogens with zero attached hydrogens (tertiary/aromatic N) is 3. The smallest absolute Gasteiger partial charge is 0.258 e. The Kier molecular flexibility index (Phi) is 3.22. The van der Waals surface area contributed by atoms with E-state index in [2.05, 4.69) is 43.1 Å². The molecular weight excluding hydrogens is 396 g/mol. The van der Waals surface area contributed by atoms with Crippen LogP contribution in [0.3, 0.4) is 0 Å². The molecule has 0 radical (unpaired) electrons. The minimum absolute atomic E-state index is 0.0684.